The molecule has 1 saturated heterocycles. The summed E-state index contributed by atoms with van der Waals surface area (Å²) in [4.78, 5) is 14.8. The molecular formula is C27H33ClN2O3. The van der Waals surface area contributed by atoms with Gasteiger partial charge in [-0.3, -0.25) is 4.79 Å². The van der Waals surface area contributed by atoms with Crippen LogP contribution in [0.5, 0.6) is 11.5 Å². The number of ketones is 1. The van der Waals surface area contributed by atoms with E-state index < -0.39 is 0 Å². The van der Waals surface area contributed by atoms with Gasteiger partial charge >= 0.3 is 0 Å². The quantitative estimate of drug-likeness (QED) is 0.350. The van der Waals surface area contributed by atoms with Crippen LogP contribution in [0.1, 0.15) is 49.9 Å². The van der Waals surface area contributed by atoms with Crippen molar-refractivity contribution in [2.75, 3.05) is 20.2 Å². The second kappa shape index (κ2) is 10.6. The second-order valence-electron chi connectivity index (χ2n) is 8.82. The monoisotopic (exact) mass is 468 g/mol. The predicted octanol–water partition coefficient (Wildman–Crippen LogP) is 6.22. The van der Waals surface area contributed by atoms with Gasteiger partial charge in [-0.2, -0.15) is 0 Å². The normalized spacial score (nSPS) is 19.0. The Bertz CT molecular complexity index is 1090. The van der Waals surface area contributed by atoms with E-state index in [2.05, 4.69) is 16.4 Å². The van der Waals surface area contributed by atoms with E-state index in [9.17, 15) is 4.79 Å². The summed E-state index contributed by atoms with van der Waals surface area (Å²) < 4.78 is 14.0. The summed E-state index contributed by atoms with van der Waals surface area (Å²) in [7, 11) is 1.68. The number of hydrogen-bond donors (Lipinski definition) is 0. The maximum Gasteiger partial charge on any atom is 0.161 e. The Kier molecular flexibility index (Phi) is 7.61. The summed E-state index contributed by atoms with van der Waals surface area (Å²) in [6, 6.07) is 14.1. The van der Waals surface area contributed by atoms with E-state index in [-0.39, 0.29) is 11.9 Å². The van der Waals surface area contributed by atoms with Gasteiger partial charge in [0.2, 0.25) is 0 Å². The Morgan fingerprint density at radius 1 is 1.15 bits per heavy atom. The Balaban J connectivity index is 1.38. The number of nitrogens with zero attached hydrogens (tertiary/aromatic N) is 2. The zero-order chi connectivity index (χ0) is 23.4. The van der Waals surface area contributed by atoms with Gasteiger partial charge in [0.1, 0.15) is 17.6 Å². The minimum Gasteiger partial charge on any atom is -0.495 e. The molecule has 4 rings (SSSR count). The number of fused-ring (bicyclic) bond motifs is 1. The topological polar surface area (TPSA) is 43.7 Å². The van der Waals surface area contributed by atoms with E-state index in [4.69, 9.17) is 21.1 Å². The number of likely N-dealkylation sites (tertiary alicyclic amines) is 1. The Morgan fingerprint density at radius 2 is 1.94 bits per heavy atom. The maximum atomic E-state index is 12.2. The van der Waals surface area contributed by atoms with Crippen LogP contribution in [0.2, 0.25) is 5.02 Å². The Hall–Kier alpha value is -2.50. The molecule has 0 aliphatic carbocycles. The molecule has 0 saturated carbocycles. The highest BCUT2D eigenvalue weighted by atomic mass is 35.5. The second-order valence-corrected chi connectivity index (χ2v) is 9.25. The average Bonchev–Trinajstić information content (AvgIpc) is 3.20. The van der Waals surface area contributed by atoms with Gasteiger partial charge in [-0.1, -0.05) is 30.7 Å². The van der Waals surface area contributed by atoms with Crippen molar-refractivity contribution in [3.8, 4) is 11.5 Å². The van der Waals surface area contributed by atoms with Gasteiger partial charge in [-0.05, 0) is 62.9 Å². The summed E-state index contributed by atoms with van der Waals surface area (Å²) in [6.45, 7) is 6.79. The molecule has 6 heteroatoms. The Morgan fingerprint density at radius 3 is 2.64 bits per heavy atom. The van der Waals surface area contributed by atoms with Crippen LogP contribution >= 0.6 is 11.6 Å². The minimum atomic E-state index is 0.0841. The number of halogens is 1. The highest BCUT2D eigenvalue weighted by Gasteiger charge is 2.28. The molecule has 176 valence electrons. The molecule has 33 heavy (non-hydrogen) atoms. The minimum absolute atomic E-state index is 0.0841. The van der Waals surface area contributed by atoms with E-state index in [0.29, 0.717) is 6.04 Å². The van der Waals surface area contributed by atoms with Crippen molar-refractivity contribution in [3.63, 3.8) is 0 Å². The van der Waals surface area contributed by atoms with E-state index in [1.54, 1.807) is 14.0 Å². The first kappa shape index (κ1) is 23.7. The molecule has 1 fully saturated rings. The van der Waals surface area contributed by atoms with Gasteiger partial charge in [0, 0.05) is 47.8 Å². The largest absolute Gasteiger partial charge is 0.495 e. The summed E-state index contributed by atoms with van der Waals surface area (Å²) in [5.41, 5.74) is 1.77. The smallest absolute Gasteiger partial charge is 0.161 e. The van der Waals surface area contributed by atoms with Crippen LogP contribution in [-0.4, -0.2) is 47.6 Å². The molecule has 0 radical (unpaired) electrons. The summed E-state index contributed by atoms with van der Waals surface area (Å²) >= 11 is 5.99. The van der Waals surface area contributed by atoms with Gasteiger partial charge in [-0.25, -0.2) is 0 Å². The predicted molar refractivity (Wildman–Crippen MR) is 134 cm³/mol. The van der Waals surface area contributed by atoms with Crippen LogP contribution in [0, 0.1) is 0 Å². The van der Waals surface area contributed by atoms with E-state index in [1.165, 1.54) is 0 Å². The highest BCUT2D eigenvalue weighted by Crippen LogP contribution is 2.31. The van der Waals surface area contributed by atoms with Crippen LogP contribution < -0.4 is 9.47 Å². The first-order valence-corrected chi connectivity index (χ1v) is 12.2. The molecule has 2 atom stereocenters. The first-order chi connectivity index (χ1) is 16.0. The van der Waals surface area contributed by atoms with Crippen molar-refractivity contribution in [2.24, 2.45) is 0 Å². The highest BCUT2D eigenvalue weighted by molar-refractivity contribution is 6.30. The third-order valence-corrected chi connectivity index (χ3v) is 6.93. The van der Waals surface area contributed by atoms with Crippen molar-refractivity contribution < 1.29 is 14.3 Å². The lowest BCUT2D eigenvalue weighted by Crippen LogP contribution is -2.46. The summed E-state index contributed by atoms with van der Waals surface area (Å²) in [6.07, 6.45) is 6.40. The van der Waals surface area contributed by atoms with Crippen molar-refractivity contribution in [3.05, 3.63) is 59.2 Å². The molecule has 0 unspecified atom stereocenters. The van der Waals surface area contributed by atoms with E-state index >= 15 is 0 Å². The van der Waals surface area contributed by atoms with Crippen LogP contribution in [0.25, 0.3) is 10.9 Å². The number of carbonyl (C=O) groups is 1. The van der Waals surface area contributed by atoms with Gasteiger partial charge in [0.15, 0.2) is 5.78 Å². The summed E-state index contributed by atoms with van der Waals surface area (Å²) in [5, 5.41) is 1.69. The lowest BCUT2D eigenvalue weighted by molar-refractivity contribution is 0.0527. The molecule has 5 nitrogen and oxygen atoms in total. The third-order valence-electron chi connectivity index (χ3n) is 6.68. The van der Waals surface area contributed by atoms with Crippen molar-refractivity contribution in [1.29, 1.82) is 0 Å². The van der Waals surface area contributed by atoms with E-state index in [1.807, 2.05) is 48.7 Å². The zero-order valence-electron chi connectivity index (χ0n) is 19.7. The lowest BCUT2D eigenvalue weighted by atomic mass is 9.97. The lowest BCUT2D eigenvalue weighted by Gasteiger charge is -2.39. The zero-order valence-corrected chi connectivity index (χ0v) is 20.5. The van der Waals surface area contributed by atoms with Gasteiger partial charge in [-0.15, -0.1) is 0 Å². The van der Waals surface area contributed by atoms with E-state index in [0.717, 1.165) is 78.3 Å². The molecular weight excluding hydrogens is 436 g/mol. The average molecular weight is 469 g/mol. The van der Waals surface area contributed by atoms with Crippen molar-refractivity contribution in [2.45, 2.75) is 58.2 Å². The molecule has 0 bridgehead atoms. The van der Waals surface area contributed by atoms with Crippen molar-refractivity contribution in [1.82, 2.24) is 9.47 Å². The number of aryl methyl sites for hydroxylation is 1. The number of ether oxygens (including phenoxy) is 2. The number of para-hydroxylation sites is 1. The van der Waals surface area contributed by atoms with Crippen LogP contribution in [0.3, 0.4) is 0 Å². The standard InChI is InChI=1S/C27H33ClN2O3/c1-4-21-17-23(33-22-11-9-20(28)10-12-22)13-16-29(21)14-6-15-30-18-25(19(2)31)24-7-5-8-26(32-3)27(24)30/h5,7-12,18,21,23H,4,6,13-17H2,1-3H3/t21-,23-/m0/s1. The van der Waals surface area contributed by atoms with Gasteiger partial charge < -0.3 is 18.9 Å². The molecule has 0 amide bonds. The fourth-order valence-corrected chi connectivity index (χ4v) is 5.11. The number of rotatable bonds is 9. The fourth-order valence-electron chi connectivity index (χ4n) is 4.99. The van der Waals surface area contributed by atoms with Crippen LogP contribution in [0.15, 0.2) is 48.7 Å². The van der Waals surface area contributed by atoms with Gasteiger partial charge in [0.25, 0.3) is 0 Å². The number of methoxy groups -OCH3 is 1. The maximum absolute atomic E-state index is 12.2. The number of aromatic nitrogens is 1. The molecule has 1 aliphatic heterocycles. The number of benzene rings is 2. The van der Waals surface area contributed by atoms with Crippen LogP contribution in [0.4, 0.5) is 0 Å². The molecule has 1 aliphatic rings. The molecule has 2 aromatic carbocycles. The molecule has 0 spiro atoms. The molecule has 0 N–H and O–H groups in total. The van der Waals surface area contributed by atoms with Crippen molar-refractivity contribution >= 4 is 28.3 Å². The molecule has 3 aromatic rings. The van der Waals surface area contributed by atoms with Crippen LogP contribution in [-0.2, 0) is 6.54 Å². The molecule has 2 heterocycles. The summed E-state index contributed by atoms with van der Waals surface area (Å²) in [5.74, 6) is 1.79. The SMILES string of the molecule is CC[C@H]1C[C@@H](Oc2ccc(Cl)cc2)CCN1CCCn1cc(C(C)=O)c2cccc(OC)c21. The number of piperidine rings is 1. The number of Topliss-reactive ketones (excluding diaryl/α,β-unsaturated/α-hetero) is 1. The Labute approximate surface area is 201 Å². The first-order valence-electron chi connectivity index (χ1n) is 11.8. The third kappa shape index (κ3) is 5.36. The van der Waals surface area contributed by atoms with Gasteiger partial charge in [0.05, 0.1) is 12.6 Å². The number of hydrogen-bond acceptors (Lipinski definition) is 4. The number of carbonyl (C=O) groups excluding carboxylic acids is 1. The fraction of sp³-hybridized carbons (Fsp3) is 0.444. The molecule has 1 aromatic heterocycles.